The van der Waals surface area contributed by atoms with Crippen molar-refractivity contribution in [2.45, 2.75) is 19.4 Å². The predicted octanol–water partition coefficient (Wildman–Crippen LogP) is -0.0720. The van der Waals surface area contributed by atoms with E-state index in [0.717, 1.165) is 13.0 Å². The molecule has 0 aromatic rings. The first kappa shape index (κ1) is 9.48. The Hall–Kier alpha value is -0.610. The molecule has 1 saturated heterocycles. The van der Waals surface area contributed by atoms with Gasteiger partial charge in [-0.3, -0.25) is 4.79 Å². The highest BCUT2D eigenvalue weighted by molar-refractivity contribution is 5.71. The first-order valence-corrected chi connectivity index (χ1v) is 4.29. The van der Waals surface area contributed by atoms with Gasteiger partial charge in [0.05, 0.1) is 19.8 Å². The van der Waals surface area contributed by atoms with E-state index < -0.39 is 0 Å². The van der Waals surface area contributed by atoms with Crippen molar-refractivity contribution in [3.05, 3.63) is 0 Å². The molecule has 0 unspecified atom stereocenters. The molecular weight excluding hydrogens is 158 g/mol. The minimum atomic E-state index is -0.190. The molecule has 0 saturated carbocycles. The van der Waals surface area contributed by atoms with E-state index >= 15 is 0 Å². The van der Waals surface area contributed by atoms with E-state index in [1.54, 1.807) is 6.92 Å². The normalized spacial score (nSPS) is 22.6. The zero-order valence-corrected chi connectivity index (χ0v) is 7.34. The van der Waals surface area contributed by atoms with Crippen molar-refractivity contribution in [2.75, 3.05) is 26.4 Å². The van der Waals surface area contributed by atoms with E-state index in [1.165, 1.54) is 0 Å². The van der Waals surface area contributed by atoms with Crippen molar-refractivity contribution in [1.82, 2.24) is 5.32 Å². The van der Waals surface area contributed by atoms with E-state index in [0.29, 0.717) is 25.8 Å². The van der Waals surface area contributed by atoms with Crippen molar-refractivity contribution in [1.29, 1.82) is 0 Å². The van der Waals surface area contributed by atoms with Crippen LogP contribution < -0.4 is 5.32 Å². The van der Waals surface area contributed by atoms with Crippen LogP contribution in [0.3, 0.4) is 0 Å². The summed E-state index contributed by atoms with van der Waals surface area (Å²) in [5.41, 5.74) is 0. The summed E-state index contributed by atoms with van der Waals surface area (Å²) in [5.74, 6) is -0.190. The molecule has 1 N–H and O–H groups in total. The van der Waals surface area contributed by atoms with Crippen LogP contribution in [-0.2, 0) is 14.3 Å². The highest BCUT2D eigenvalue weighted by Gasteiger charge is 2.15. The van der Waals surface area contributed by atoms with Gasteiger partial charge in [-0.1, -0.05) is 0 Å². The van der Waals surface area contributed by atoms with Crippen LogP contribution in [0.15, 0.2) is 0 Å². The van der Waals surface area contributed by atoms with Crippen LogP contribution in [0.25, 0.3) is 0 Å². The highest BCUT2D eigenvalue weighted by atomic mass is 16.5. The summed E-state index contributed by atoms with van der Waals surface area (Å²) in [6.07, 6.45) is 0.986. The van der Waals surface area contributed by atoms with Gasteiger partial charge in [-0.05, 0) is 13.3 Å². The highest BCUT2D eigenvalue weighted by Crippen LogP contribution is 2.02. The van der Waals surface area contributed by atoms with Gasteiger partial charge in [0.25, 0.3) is 0 Å². The molecule has 0 aliphatic carbocycles. The fourth-order valence-electron chi connectivity index (χ4n) is 1.14. The van der Waals surface area contributed by atoms with E-state index in [9.17, 15) is 4.79 Å². The number of ether oxygens (including phenoxy) is 2. The third kappa shape index (κ3) is 3.19. The number of esters is 1. The number of nitrogens with one attached hydrogen (secondary N) is 1. The Morgan fingerprint density at radius 3 is 3.17 bits per heavy atom. The summed E-state index contributed by atoms with van der Waals surface area (Å²) in [7, 11) is 0. The summed E-state index contributed by atoms with van der Waals surface area (Å²) in [4.78, 5) is 10.9. The number of carbonyl (C=O) groups is 1. The molecule has 0 aromatic heterocycles. The molecule has 0 amide bonds. The first-order chi connectivity index (χ1) is 5.83. The summed E-state index contributed by atoms with van der Waals surface area (Å²) >= 11 is 0. The maximum atomic E-state index is 10.9. The lowest BCUT2D eigenvalue weighted by Crippen LogP contribution is -2.34. The van der Waals surface area contributed by atoms with Crippen LogP contribution >= 0.6 is 0 Å². The second kappa shape index (κ2) is 5.11. The van der Waals surface area contributed by atoms with Gasteiger partial charge in [0.15, 0.2) is 0 Å². The minimum Gasteiger partial charge on any atom is -0.465 e. The molecule has 0 bridgehead atoms. The minimum absolute atomic E-state index is 0.190. The molecular formula is C8H15NO3. The molecule has 1 rings (SSSR count). The van der Waals surface area contributed by atoms with Crippen LogP contribution in [0.4, 0.5) is 0 Å². The zero-order chi connectivity index (χ0) is 8.81. The Kier molecular flexibility index (Phi) is 4.04. The van der Waals surface area contributed by atoms with Crippen molar-refractivity contribution < 1.29 is 14.3 Å². The molecule has 1 aliphatic rings. The van der Waals surface area contributed by atoms with Gasteiger partial charge in [0.2, 0.25) is 0 Å². The molecule has 1 fully saturated rings. The molecule has 0 spiro atoms. The molecule has 4 heteroatoms. The number of hydrogen-bond acceptors (Lipinski definition) is 4. The second-order valence-corrected chi connectivity index (χ2v) is 2.75. The molecule has 1 heterocycles. The Morgan fingerprint density at radius 1 is 1.75 bits per heavy atom. The van der Waals surface area contributed by atoms with Gasteiger partial charge in [-0.25, -0.2) is 0 Å². The summed E-state index contributed by atoms with van der Waals surface area (Å²) < 4.78 is 9.89. The average molecular weight is 173 g/mol. The molecule has 4 nitrogen and oxygen atoms in total. The Labute approximate surface area is 72.2 Å². The third-order valence-electron chi connectivity index (χ3n) is 1.77. The van der Waals surface area contributed by atoms with Gasteiger partial charge >= 0.3 is 5.97 Å². The topological polar surface area (TPSA) is 47.6 Å². The van der Waals surface area contributed by atoms with E-state index in [2.05, 4.69) is 5.32 Å². The molecule has 70 valence electrons. The SMILES string of the molecule is CCOC(=O)CN[C@@H]1CCOC1. The lowest BCUT2D eigenvalue weighted by molar-refractivity contribution is -0.142. The maximum Gasteiger partial charge on any atom is 0.319 e. The van der Waals surface area contributed by atoms with Crippen molar-refractivity contribution >= 4 is 5.97 Å². The molecule has 0 aromatic carbocycles. The standard InChI is InChI=1S/C8H15NO3/c1-2-12-8(10)5-9-7-3-4-11-6-7/h7,9H,2-6H2,1H3/t7-/m1/s1. The van der Waals surface area contributed by atoms with Gasteiger partial charge < -0.3 is 14.8 Å². The van der Waals surface area contributed by atoms with Gasteiger partial charge in [0.1, 0.15) is 0 Å². The summed E-state index contributed by atoms with van der Waals surface area (Å²) in [5, 5.41) is 3.07. The van der Waals surface area contributed by atoms with Crippen LogP contribution in [0.5, 0.6) is 0 Å². The molecule has 1 aliphatic heterocycles. The fraction of sp³-hybridized carbons (Fsp3) is 0.875. The van der Waals surface area contributed by atoms with Crippen LogP contribution in [0.2, 0.25) is 0 Å². The van der Waals surface area contributed by atoms with Crippen molar-refractivity contribution in [2.24, 2.45) is 0 Å². The zero-order valence-electron chi connectivity index (χ0n) is 7.34. The van der Waals surface area contributed by atoms with E-state index in [1.807, 2.05) is 0 Å². The smallest absolute Gasteiger partial charge is 0.319 e. The van der Waals surface area contributed by atoms with Gasteiger partial charge in [-0.15, -0.1) is 0 Å². The Morgan fingerprint density at radius 2 is 2.58 bits per heavy atom. The van der Waals surface area contributed by atoms with Crippen LogP contribution in [-0.4, -0.2) is 38.4 Å². The molecule has 0 radical (unpaired) electrons. The average Bonchev–Trinajstić information content (AvgIpc) is 2.53. The molecule has 1 atom stereocenters. The fourth-order valence-corrected chi connectivity index (χ4v) is 1.14. The first-order valence-electron chi connectivity index (χ1n) is 4.29. The predicted molar refractivity (Wildman–Crippen MR) is 43.9 cm³/mol. The van der Waals surface area contributed by atoms with Crippen molar-refractivity contribution in [3.8, 4) is 0 Å². The number of hydrogen-bond donors (Lipinski definition) is 1. The monoisotopic (exact) mass is 173 g/mol. The van der Waals surface area contributed by atoms with Crippen LogP contribution in [0, 0.1) is 0 Å². The third-order valence-corrected chi connectivity index (χ3v) is 1.77. The number of rotatable bonds is 4. The van der Waals surface area contributed by atoms with E-state index in [4.69, 9.17) is 9.47 Å². The van der Waals surface area contributed by atoms with E-state index in [-0.39, 0.29) is 5.97 Å². The summed E-state index contributed by atoms with van der Waals surface area (Å²) in [6.45, 7) is 4.04. The lowest BCUT2D eigenvalue weighted by atomic mass is 10.3. The number of carbonyl (C=O) groups excluding carboxylic acids is 1. The Balaban J connectivity index is 2.03. The molecule has 12 heavy (non-hydrogen) atoms. The summed E-state index contributed by atoms with van der Waals surface area (Å²) in [6, 6.07) is 0.328. The van der Waals surface area contributed by atoms with Crippen LogP contribution in [0.1, 0.15) is 13.3 Å². The van der Waals surface area contributed by atoms with Crippen molar-refractivity contribution in [3.63, 3.8) is 0 Å². The van der Waals surface area contributed by atoms with Gasteiger partial charge in [0, 0.05) is 12.6 Å². The second-order valence-electron chi connectivity index (χ2n) is 2.75. The maximum absolute atomic E-state index is 10.9. The largest absolute Gasteiger partial charge is 0.465 e. The lowest BCUT2D eigenvalue weighted by Gasteiger charge is -2.08. The Bertz CT molecular complexity index is 143. The quantitative estimate of drug-likeness (QED) is 0.604. The van der Waals surface area contributed by atoms with Gasteiger partial charge in [-0.2, -0.15) is 0 Å².